The molecular weight excluding hydrogens is 228 g/mol. The number of aromatic amines is 1. The van der Waals surface area contributed by atoms with E-state index in [2.05, 4.69) is 45.9 Å². The molecule has 1 unspecified atom stereocenters. The zero-order chi connectivity index (χ0) is 9.42. The van der Waals surface area contributed by atoms with Gasteiger partial charge in [-0.05, 0) is 40.5 Å². The molecule has 2 nitrogen and oxygen atoms in total. The first-order valence-electron chi connectivity index (χ1n) is 4.72. The van der Waals surface area contributed by atoms with Gasteiger partial charge in [-0.1, -0.05) is 6.92 Å². The number of hydrogen-bond acceptors (Lipinski definition) is 1. The topological polar surface area (TPSA) is 19.0 Å². The molecule has 72 valence electrons. The van der Waals surface area contributed by atoms with E-state index in [0.29, 0.717) is 5.92 Å². The molecule has 2 rings (SSSR count). The Morgan fingerprint density at radius 2 is 2.38 bits per heavy atom. The molecule has 1 atom stereocenters. The second-order valence-corrected chi connectivity index (χ2v) is 4.82. The molecule has 1 aliphatic heterocycles. The largest absolute Gasteiger partial charge is 0.353 e. The Balaban J connectivity index is 2.33. The van der Waals surface area contributed by atoms with Gasteiger partial charge >= 0.3 is 0 Å². The third-order valence-corrected chi connectivity index (χ3v) is 3.19. The van der Waals surface area contributed by atoms with Crippen molar-refractivity contribution in [2.75, 3.05) is 20.1 Å². The highest BCUT2D eigenvalue weighted by atomic mass is 79.9. The van der Waals surface area contributed by atoms with Crippen LogP contribution in [-0.2, 0) is 6.42 Å². The van der Waals surface area contributed by atoms with Gasteiger partial charge in [-0.15, -0.1) is 0 Å². The van der Waals surface area contributed by atoms with Crippen LogP contribution < -0.4 is 0 Å². The predicted molar refractivity (Wildman–Crippen MR) is 58.1 cm³/mol. The molecule has 0 radical (unpaired) electrons. The maximum absolute atomic E-state index is 3.49. The van der Waals surface area contributed by atoms with Gasteiger partial charge in [0.05, 0.1) is 4.60 Å². The fourth-order valence-electron chi connectivity index (χ4n) is 2.08. The van der Waals surface area contributed by atoms with Crippen molar-refractivity contribution in [3.63, 3.8) is 0 Å². The number of H-pyrrole nitrogens is 1. The maximum Gasteiger partial charge on any atom is 0.0825 e. The summed E-state index contributed by atoms with van der Waals surface area (Å²) in [5, 5.41) is 0. The molecule has 1 aromatic rings. The van der Waals surface area contributed by atoms with E-state index in [1.807, 2.05) is 0 Å². The first-order valence-corrected chi connectivity index (χ1v) is 5.52. The van der Waals surface area contributed by atoms with Crippen LogP contribution in [-0.4, -0.2) is 30.0 Å². The van der Waals surface area contributed by atoms with Crippen molar-refractivity contribution in [3.8, 4) is 0 Å². The molecule has 13 heavy (non-hydrogen) atoms. The van der Waals surface area contributed by atoms with E-state index in [4.69, 9.17) is 0 Å². The van der Waals surface area contributed by atoms with Crippen LogP contribution in [0.2, 0.25) is 0 Å². The average Bonchev–Trinajstić information content (AvgIpc) is 2.38. The average molecular weight is 243 g/mol. The number of likely N-dealkylation sites (N-methyl/N-ethyl adjacent to an activating group) is 1. The summed E-state index contributed by atoms with van der Waals surface area (Å²) in [6.07, 6.45) is 1.14. The second kappa shape index (κ2) is 3.46. The van der Waals surface area contributed by atoms with Crippen molar-refractivity contribution in [2.45, 2.75) is 19.3 Å². The molecule has 0 fully saturated rings. The Hall–Kier alpha value is -0.280. The highest BCUT2D eigenvalue weighted by Gasteiger charge is 2.19. The lowest BCUT2D eigenvalue weighted by molar-refractivity contribution is 0.331. The lowest BCUT2D eigenvalue weighted by atomic mass is 10.0. The van der Waals surface area contributed by atoms with Crippen molar-refractivity contribution in [3.05, 3.63) is 21.9 Å². The van der Waals surface area contributed by atoms with Crippen molar-refractivity contribution in [2.24, 2.45) is 0 Å². The molecule has 3 heteroatoms. The van der Waals surface area contributed by atoms with Gasteiger partial charge in [0.2, 0.25) is 0 Å². The highest BCUT2D eigenvalue weighted by Crippen LogP contribution is 2.27. The molecule has 0 saturated carbocycles. The lowest BCUT2D eigenvalue weighted by Gasteiger charge is -2.16. The molecule has 0 spiro atoms. The number of fused-ring (bicyclic) bond motifs is 1. The highest BCUT2D eigenvalue weighted by molar-refractivity contribution is 9.10. The third kappa shape index (κ3) is 1.81. The standard InChI is InChI=1S/C10H15BrN2/c1-7-6-13(2)4-3-9-8(7)5-10(11)12-9/h5,7,12H,3-4,6H2,1-2H3. The third-order valence-electron chi connectivity index (χ3n) is 2.76. The lowest BCUT2D eigenvalue weighted by Crippen LogP contribution is -2.22. The van der Waals surface area contributed by atoms with Gasteiger partial charge in [0, 0.05) is 25.2 Å². The van der Waals surface area contributed by atoms with Gasteiger partial charge in [-0.3, -0.25) is 0 Å². The van der Waals surface area contributed by atoms with Crippen LogP contribution in [0.4, 0.5) is 0 Å². The van der Waals surface area contributed by atoms with Gasteiger partial charge < -0.3 is 9.88 Å². The maximum atomic E-state index is 3.49. The Kier molecular flexibility index (Phi) is 2.47. The van der Waals surface area contributed by atoms with Crippen LogP contribution in [0.1, 0.15) is 24.1 Å². The molecule has 1 aromatic heterocycles. The summed E-state index contributed by atoms with van der Waals surface area (Å²) in [4.78, 5) is 5.77. The first-order chi connectivity index (χ1) is 6.16. The summed E-state index contributed by atoms with van der Waals surface area (Å²) >= 11 is 3.49. The zero-order valence-electron chi connectivity index (χ0n) is 8.10. The van der Waals surface area contributed by atoms with E-state index in [1.54, 1.807) is 0 Å². The fourth-order valence-corrected chi connectivity index (χ4v) is 2.57. The van der Waals surface area contributed by atoms with Crippen LogP contribution in [0.25, 0.3) is 0 Å². The number of nitrogens with zero attached hydrogens (tertiary/aromatic N) is 1. The molecule has 0 bridgehead atoms. The monoisotopic (exact) mass is 242 g/mol. The number of nitrogens with one attached hydrogen (secondary N) is 1. The summed E-state index contributed by atoms with van der Waals surface area (Å²) in [6.45, 7) is 4.61. The van der Waals surface area contributed by atoms with E-state index in [9.17, 15) is 0 Å². The van der Waals surface area contributed by atoms with E-state index in [0.717, 1.165) is 24.1 Å². The van der Waals surface area contributed by atoms with E-state index < -0.39 is 0 Å². The Bertz CT molecular complexity index is 306. The van der Waals surface area contributed by atoms with Crippen molar-refractivity contribution >= 4 is 15.9 Å². The van der Waals surface area contributed by atoms with E-state index >= 15 is 0 Å². The predicted octanol–water partition coefficient (Wildman–Crippen LogP) is 2.37. The zero-order valence-corrected chi connectivity index (χ0v) is 9.69. The van der Waals surface area contributed by atoms with Crippen molar-refractivity contribution in [1.82, 2.24) is 9.88 Å². The van der Waals surface area contributed by atoms with Crippen LogP contribution in [0, 0.1) is 0 Å². The smallest absolute Gasteiger partial charge is 0.0825 e. The van der Waals surface area contributed by atoms with Crippen LogP contribution in [0.5, 0.6) is 0 Å². The first kappa shape index (κ1) is 9.28. The van der Waals surface area contributed by atoms with Gasteiger partial charge in [0.1, 0.15) is 0 Å². The molecule has 0 saturated heterocycles. The minimum absolute atomic E-state index is 0.644. The molecule has 0 aromatic carbocycles. The summed E-state index contributed by atoms with van der Waals surface area (Å²) in [5.41, 5.74) is 2.89. The molecule has 1 N–H and O–H groups in total. The summed E-state index contributed by atoms with van der Waals surface area (Å²) < 4.78 is 1.12. The van der Waals surface area contributed by atoms with Gasteiger partial charge in [-0.2, -0.15) is 0 Å². The Morgan fingerprint density at radius 1 is 1.62 bits per heavy atom. The van der Waals surface area contributed by atoms with E-state index in [1.165, 1.54) is 11.3 Å². The summed E-state index contributed by atoms with van der Waals surface area (Å²) in [6, 6.07) is 2.22. The molecule has 2 heterocycles. The van der Waals surface area contributed by atoms with Crippen LogP contribution >= 0.6 is 15.9 Å². The summed E-state index contributed by atoms with van der Waals surface area (Å²) in [7, 11) is 2.19. The quantitative estimate of drug-likeness (QED) is 0.741. The SMILES string of the molecule is CC1CN(C)CCc2[nH]c(Br)cc21. The number of hydrogen-bond donors (Lipinski definition) is 1. The van der Waals surface area contributed by atoms with Gasteiger partial charge in [-0.25, -0.2) is 0 Å². The number of rotatable bonds is 0. The van der Waals surface area contributed by atoms with Crippen molar-refractivity contribution in [1.29, 1.82) is 0 Å². The van der Waals surface area contributed by atoms with E-state index in [-0.39, 0.29) is 0 Å². The molecule has 1 aliphatic rings. The normalized spacial score (nSPS) is 24.1. The summed E-state index contributed by atoms with van der Waals surface area (Å²) in [5.74, 6) is 0.644. The minimum atomic E-state index is 0.644. The minimum Gasteiger partial charge on any atom is -0.353 e. The number of aromatic nitrogens is 1. The van der Waals surface area contributed by atoms with Gasteiger partial charge in [0.25, 0.3) is 0 Å². The Labute approximate surface area is 87.5 Å². The molecule has 0 amide bonds. The fraction of sp³-hybridized carbons (Fsp3) is 0.600. The Morgan fingerprint density at radius 3 is 3.15 bits per heavy atom. The van der Waals surface area contributed by atoms with Gasteiger partial charge in [0.15, 0.2) is 0 Å². The molecular formula is C10H15BrN2. The van der Waals surface area contributed by atoms with Crippen LogP contribution in [0.15, 0.2) is 10.7 Å². The second-order valence-electron chi connectivity index (χ2n) is 3.96. The van der Waals surface area contributed by atoms with Crippen molar-refractivity contribution < 1.29 is 0 Å². The number of halogens is 1. The molecule has 0 aliphatic carbocycles. The van der Waals surface area contributed by atoms with Crippen LogP contribution in [0.3, 0.4) is 0 Å².